The van der Waals surface area contributed by atoms with Gasteiger partial charge in [-0.05, 0) is 24.5 Å². The van der Waals surface area contributed by atoms with Crippen LogP contribution in [-0.4, -0.2) is 48.3 Å². The van der Waals surface area contributed by atoms with Crippen molar-refractivity contribution in [3.63, 3.8) is 0 Å². The zero-order chi connectivity index (χ0) is 17.2. The highest BCUT2D eigenvalue weighted by molar-refractivity contribution is 5.92. The van der Waals surface area contributed by atoms with E-state index >= 15 is 0 Å². The Kier molecular flexibility index (Phi) is 4.80. The maximum Gasteiger partial charge on any atom is 0.340 e. The molecule has 1 saturated heterocycles. The number of carbonyl (C=O) groups is 1. The molecule has 8 heteroatoms. The highest BCUT2D eigenvalue weighted by atomic mass is 19.3. The molecule has 124 valence electrons. The van der Waals surface area contributed by atoms with E-state index in [1.807, 2.05) is 0 Å². The predicted octanol–water partition coefficient (Wildman–Crippen LogP) is 1.51. The molecule has 1 fully saturated rings. The molecule has 0 bridgehead atoms. The summed E-state index contributed by atoms with van der Waals surface area (Å²) in [5.41, 5.74) is 0.412. The van der Waals surface area contributed by atoms with E-state index in [9.17, 15) is 18.7 Å². The Bertz CT molecular complexity index is 658. The second-order valence-corrected chi connectivity index (χ2v) is 5.31. The molecular formula is C15H17F2N3O3. The summed E-state index contributed by atoms with van der Waals surface area (Å²) < 4.78 is 32.1. The number of ether oxygens (including phenoxy) is 1. The van der Waals surface area contributed by atoms with E-state index in [0.29, 0.717) is 12.0 Å². The van der Waals surface area contributed by atoms with Crippen LogP contribution in [0.15, 0.2) is 6.07 Å². The van der Waals surface area contributed by atoms with E-state index in [-0.39, 0.29) is 30.0 Å². The summed E-state index contributed by atoms with van der Waals surface area (Å²) in [6.45, 7) is 1.31. The average molecular weight is 325 g/mol. The lowest BCUT2D eigenvalue weighted by molar-refractivity contribution is -0.113. The summed E-state index contributed by atoms with van der Waals surface area (Å²) >= 11 is 0. The quantitative estimate of drug-likeness (QED) is 0.848. The summed E-state index contributed by atoms with van der Waals surface area (Å²) in [4.78, 5) is 17.1. The minimum absolute atomic E-state index is 0.0133. The molecule has 1 atom stereocenters. The Balaban J connectivity index is 2.47. The number of hydrogen-bond donors (Lipinski definition) is 1. The Morgan fingerprint density at radius 3 is 2.87 bits per heavy atom. The van der Waals surface area contributed by atoms with E-state index in [4.69, 9.17) is 5.26 Å². The summed E-state index contributed by atoms with van der Waals surface area (Å²) in [5, 5.41) is 18.5. The molecule has 0 radical (unpaired) electrons. The van der Waals surface area contributed by atoms with Crippen molar-refractivity contribution >= 4 is 11.8 Å². The number of esters is 1. The fraction of sp³-hybridized carbons (Fsp3) is 0.533. The number of alkyl halides is 2. The van der Waals surface area contributed by atoms with Crippen molar-refractivity contribution in [2.45, 2.75) is 31.8 Å². The molecule has 1 aliphatic rings. The minimum Gasteiger partial charge on any atom is -0.465 e. The van der Waals surface area contributed by atoms with Crippen molar-refractivity contribution < 1.29 is 23.4 Å². The number of pyridine rings is 1. The third-order valence-corrected chi connectivity index (χ3v) is 3.83. The third-order valence-electron chi connectivity index (χ3n) is 3.83. The van der Waals surface area contributed by atoms with Gasteiger partial charge in [0.2, 0.25) is 0 Å². The number of hydrogen-bond acceptors (Lipinski definition) is 6. The van der Waals surface area contributed by atoms with Gasteiger partial charge in [-0.15, -0.1) is 0 Å². The summed E-state index contributed by atoms with van der Waals surface area (Å²) in [5.74, 6) is -3.71. The van der Waals surface area contributed by atoms with Crippen LogP contribution in [0, 0.1) is 11.3 Å². The summed E-state index contributed by atoms with van der Waals surface area (Å²) in [7, 11) is 1.19. The minimum atomic E-state index is -3.25. The van der Waals surface area contributed by atoms with E-state index < -0.39 is 24.5 Å². The monoisotopic (exact) mass is 325 g/mol. The fourth-order valence-electron chi connectivity index (χ4n) is 2.54. The van der Waals surface area contributed by atoms with Crippen LogP contribution >= 0.6 is 0 Å². The van der Waals surface area contributed by atoms with Crippen LogP contribution in [0.5, 0.6) is 0 Å². The first-order valence-corrected chi connectivity index (χ1v) is 7.17. The van der Waals surface area contributed by atoms with E-state index in [1.54, 1.807) is 13.0 Å². The molecule has 0 saturated carbocycles. The van der Waals surface area contributed by atoms with Gasteiger partial charge in [0.25, 0.3) is 5.92 Å². The van der Waals surface area contributed by atoms with Gasteiger partial charge in [0.15, 0.2) is 5.69 Å². The van der Waals surface area contributed by atoms with Gasteiger partial charge in [-0.3, -0.25) is 0 Å². The number of aliphatic hydroxyl groups is 1. The largest absolute Gasteiger partial charge is 0.465 e. The number of aryl methyl sites for hydroxylation is 1. The van der Waals surface area contributed by atoms with Gasteiger partial charge in [-0.1, -0.05) is 6.92 Å². The zero-order valence-electron chi connectivity index (χ0n) is 12.8. The van der Waals surface area contributed by atoms with E-state index in [2.05, 4.69) is 9.72 Å². The predicted molar refractivity (Wildman–Crippen MR) is 77.5 cm³/mol. The summed E-state index contributed by atoms with van der Waals surface area (Å²) in [6, 6.07) is 3.25. The van der Waals surface area contributed by atoms with Gasteiger partial charge in [-0.25, -0.2) is 18.6 Å². The van der Waals surface area contributed by atoms with Crippen molar-refractivity contribution in [2.75, 3.05) is 25.1 Å². The smallest absolute Gasteiger partial charge is 0.340 e. The molecule has 1 aromatic heterocycles. The van der Waals surface area contributed by atoms with Crippen LogP contribution in [0.2, 0.25) is 0 Å². The van der Waals surface area contributed by atoms with Crippen molar-refractivity contribution in [1.82, 2.24) is 4.98 Å². The van der Waals surface area contributed by atoms with Gasteiger partial charge in [0.05, 0.1) is 19.2 Å². The number of methoxy groups -OCH3 is 1. The first-order chi connectivity index (χ1) is 10.8. The van der Waals surface area contributed by atoms with Crippen molar-refractivity contribution in [3.05, 3.63) is 22.9 Å². The van der Waals surface area contributed by atoms with Crippen LogP contribution in [0.3, 0.4) is 0 Å². The van der Waals surface area contributed by atoms with Crippen LogP contribution < -0.4 is 4.90 Å². The maximum absolute atomic E-state index is 13.8. The Hall–Kier alpha value is -2.27. The maximum atomic E-state index is 13.8. The van der Waals surface area contributed by atoms with Gasteiger partial charge in [0.1, 0.15) is 18.0 Å². The zero-order valence-corrected chi connectivity index (χ0v) is 12.8. The molecule has 1 unspecified atom stereocenters. The number of halogens is 2. The number of aliphatic hydroxyl groups excluding tert-OH is 1. The topological polar surface area (TPSA) is 86.5 Å². The van der Waals surface area contributed by atoms with Gasteiger partial charge in [0, 0.05) is 6.54 Å². The van der Waals surface area contributed by atoms with Crippen LogP contribution in [0.4, 0.5) is 14.6 Å². The average Bonchev–Trinajstić information content (AvgIpc) is 2.55. The summed E-state index contributed by atoms with van der Waals surface area (Å²) in [6.07, 6.45) is -1.34. The van der Waals surface area contributed by atoms with Crippen molar-refractivity contribution in [1.29, 1.82) is 5.26 Å². The highest BCUT2D eigenvalue weighted by Gasteiger charge is 2.44. The van der Waals surface area contributed by atoms with Crippen LogP contribution in [0.25, 0.3) is 0 Å². The second kappa shape index (κ2) is 6.46. The first kappa shape index (κ1) is 17.1. The standard InChI is InChI=1S/C15H17F2N3O3/c1-3-9-6-10(14(22)23-2)11(7-18)19-13(9)20-5-4-12(21)15(16,17)8-20/h6,12,21H,3-5,8H2,1-2H3. The third kappa shape index (κ3) is 3.24. The molecule has 23 heavy (non-hydrogen) atoms. The molecule has 6 nitrogen and oxygen atoms in total. The first-order valence-electron chi connectivity index (χ1n) is 7.17. The van der Waals surface area contributed by atoms with E-state index in [0.717, 1.165) is 0 Å². The number of anilines is 1. The molecule has 2 heterocycles. The van der Waals surface area contributed by atoms with Crippen molar-refractivity contribution in [3.8, 4) is 6.07 Å². The number of rotatable bonds is 3. The lowest BCUT2D eigenvalue weighted by Gasteiger charge is -2.37. The van der Waals surface area contributed by atoms with Crippen molar-refractivity contribution in [2.24, 2.45) is 0 Å². The highest BCUT2D eigenvalue weighted by Crippen LogP contribution is 2.32. The molecule has 1 N–H and O–H groups in total. The SMILES string of the molecule is CCc1cc(C(=O)OC)c(C#N)nc1N1CCC(O)C(F)(F)C1. The number of nitrogens with zero attached hydrogens (tertiary/aromatic N) is 3. The Labute approximate surface area is 132 Å². The molecule has 2 rings (SSSR count). The molecular weight excluding hydrogens is 308 g/mol. The fourth-order valence-corrected chi connectivity index (χ4v) is 2.54. The number of piperidine rings is 1. The normalized spacial score (nSPS) is 20.0. The van der Waals surface area contributed by atoms with Gasteiger partial charge >= 0.3 is 5.97 Å². The molecule has 0 amide bonds. The van der Waals surface area contributed by atoms with E-state index in [1.165, 1.54) is 18.1 Å². The van der Waals surface area contributed by atoms with Gasteiger partial charge < -0.3 is 14.7 Å². The molecule has 0 aliphatic carbocycles. The Morgan fingerprint density at radius 2 is 2.35 bits per heavy atom. The molecule has 0 aromatic carbocycles. The molecule has 0 spiro atoms. The molecule has 1 aromatic rings. The Morgan fingerprint density at radius 1 is 1.65 bits per heavy atom. The second-order valence-electron chi connectivity index (χ2n) is 5.31. The number of nitriles is 1. The molecule has 1 aliphatic heterocycles. The number of aromatic nitrogens is 1. The van der Waals surface area contributed by atoms with Gasteiger partial charge in [-0.2, -0.15) is 5.26 Å². The lowest BCUT2D eigenvalue weighted by Crippen LogP contribution is -2.52. The lowest BCUT2D eigenvalue weighted by atomic mass is 10.0. The van der Waals surface area contributed by atoms with Crippen LogP contribution in [0.1, 0.15) is 35.0 Å². The number of carbonyl (C=O) groups excluding carboxylic acids is 1. The van der Waals surface area contributed by atoms with Crippen LogP contribution in [-0.2, 0) is 11.2 Å².